The molecule has 0 spiro atoms. The molecule has 1 aromatic carbocycles. The Bertz CT molecular complexity index is 489. The lowest BCUT2D eigenvalue weighted by atomic mass is 10.1. The highest BCUT2D eigenvalue weighted by molar-refractivity contribution is 5.37. The molecule has 17 heavy (non-hydrogen) atoms. The first-order valence-corrected chi connectivity index (χ1v) is 6.21. The van der Waals surface area contributed by atoms with Crippen LogP contribution in [0.5, 0.6) is 0 Å². The minimum Gasteiger partial charge on any atom is -0.352 e. The van der Waals surface area contributed by atoms with Crippen molar-refractivity contribution in [3.8, 4) is 0 Å². The number of aryl methyl sites for hydroxylation is 1. The fourth-order valence-electron chi connectivity index (χ4n) is 2.29. The summed E-state index contributed by atoms with van der Waals surface area (Å²) >= 11 is 0. The van der Waals surface area contributed by atoms with Crippen LogP contribution in [0.25, 0.3) is 0 Å². The molecule has 3 nitrogen and oxygen atoms in total. The summed E-state index contributed by atoms with van der Waals surface area (Å²) in [7, 11) is 0. The summed E-state index contributed by atoms with van der Waals surface area (Å²) in [5, 5.41) is 3.52. The molecule has 1 aromatic heterocycles. The molecule has 1 aliphatic rings. The fourth-order valence-corrected chi connectivity index (χ4v) is 2.29. The van der Waals surface area contributed by atoms with Crippen LogP contribution in [0, 0.1) is 0 Å². The van der Waals surface area contributed by atoms with E-state index in [0.29, 0.717) is 12.0 Å². The van der Waals surface area contributed by atoms with Crippen LogP contribution in [0.1, 0.15) is 24.8 Å². The van der Waals surface area contributed by atoms with E-state index in [4.69, 9.17) is 0 Å². The van der Waals surface area contributed by atoms with Crippen LogP contribution in [0.15, 0.2) is 42.7 Å². The third kappa shape index (κ3) is 2.05. The van der Waals surface area contributed by atoms with E-state index in [1.165, 1.54) is 12.0 Å². The van der Waals surface area contributed by atoms with Gasteiger partial charge in [-0.1, -0.05) is 30.3 Å². The van der Waals surface area contributed by atoms with Gasteiger partial charge < -0.3 is 9.88 Å². The zero-order chi connectivity index (χ0) is 11.7. The molecule has 0 radical (unpaired) electrons. The van der Waals surface area contributed by atoms with E-state index < -0.39 is 0 Å². The van der Waals surface area contributed by atoms with Crippen molar-refractivity contribution in [3.05, 3.63) is 48.3 Å². The molecule has 88 valence electrons. The average molecular weight is 227 g/mol. The molecule has 2 unspecified atom stereocenters. The van der Waals surface area contributed by atoms with Crippen molar-refractivity contribution in [2.24, 2.45) is 0 Å². The lowest BCUT2D eigenvalue weighted by Crippen LogP contribution is -2.09. The van der Waals surface area contributed by atoms with Crippen LogP contribution >= 0.6 is 0 Å². The molecule has 0 bridgehead atoms. The maximum Gasteiger partial charge on any atom is 0.202 e. The van der Waals surface area contributed by atoms with Gasteiger partial charge in [-0.3, -0.25) is 0 Å². The van der Waals surface area contributed by atoms with Gasteiger partial charge in [-0.15, -0.1) is 0 Å². The molecule has 3 heteroatoms. The second-order valence-corrected chi connectivity index (χ2v) is 4.54. The summed E-state index contributed by atoms with van der Waals surface area (Å²) in [6, 6.07) is 11.2. The highest BCUT2D eigenvalue weighted by atomic mass is 15.2. The maximum absolute atomic E-state index is 4.35. The molecule has 3 rings (SSSR count). The minimum atomic E-state index is 0.546. The number of nitrogens with one attached hydrogen (secondary N) is 1. The first-order valence-electron chi connectivity index (χ1n) is 6.21. The van der Waals surface area contributed by atoms with Crippen LogP contribution in [0.3, 0.4) is 0 Å². The van der Waals surface area contributed by atoms with Crippen molar-refractivity contribution in [2.45, 2.75) is 31.8 Å². The van der Waals surface area contributed by atoms with Crippen molar-refractivity contribution in [2.75, 3.05) is 5.32 Å². The predicted molar refractivity (Wildman–Crippen MR) is 69.1 cm³/mol. The van der Waals surface area contributed by atoms with Gasteiger partial charge in [0, 0.05) is 30.9 Å². The molecular weight excluding hydrogens is 210 g/mol. The van der Waals surface area contributed by atoms with Gasteiger partial charge in [0.05, 0.1) is 0 Å². The third-order valence-corrected chi connectivity index (χ3v) is 3.39. The van der Waals surface area contributed by atoms with E-state index in [2.05, 4.69) is 52.1 Å². The Labute approximate surface area is 101 Å². The number of aromatic nitrogens is 2. The average Bonchev–Trinajstić information content (AvgIpc) is 2.99. The molecular formula is C14H17N3. The van der Waals surface area contributed by atoms with Gasteiger partial charge in [-0.05, 0) is 18.9 Å². The van der Waals surface area contributed by atoms with Gasteiger partial charge in [0.2, 0.25) is 5.95 Å². The predicted octanol–water partition coefficient (Wildman–Crippen LogP) is 2.87. The number of hydrogen-bond donors (Lipinski definition) is 1. The molecule has 0 amide bonds. The first kappa shape index (κ1) is 10.4. The summed E-state index contributed by atoms with van der Waals surface area (Å²) < 4.78 is 2.14. The molecule has 1 aliphatic carbocycles. The van der Waals surface area contributed by atoms with Crippen LogP contribution in [0.4, 0.5) is 5.95 Å². The first-order chi connectivity index (χ1) is 8.38. The molecule has 1 fully saturated rings. The van der Waals surface area contributed by atoms with Crippen LogP contribution in [0.2, 0.25) is 0 Å². The Balaban J connectivity index is 1.66. The number of hydrogen-bond acceptors (Lipinski definition) is 2. The van der Waals surface area contributed by atoms with Gasteiger partial charge in [0.25, 0.3) is 0 Å². The van der Waals surface area contributed by atoms with Gasteiger partial charge in [0.15, 0.2) is 0 Å². The number of benzene rings is 1. The Morgan fingerprint density at radius 1 is 1.35 bits per heavy atom. The fraction of sp³-hybridized carbons (Fsp3) is 0.357. The summed E-state index contributed by atoms with van der Waals surface area (Å²) in [4.78, 5) is 4.35. The Kier molecular flexibility index (Phi) is 2.59. The lowest BCUT2D eigenvalue weighted by Gasteiger charge is -2.07. The van der Waals surface area contributed by atoms with E-state index in [9.17, 15) is 0 Å². The smallest absolute Gasteiger partial charge is 0.202 e. The van der Waals surface area contributed by atoms with Crippen molar-refractivity contribution < 1.29 is 0 Å². The maximum atomic E-state index is 4.35. The third-order valence-electron chi connectivity index (χ3n) is 3.39. The van der Waals surface area contributed by atoms with E-state index in [1.54, 1.807) is 0 Å². The normalized spacial score (nSPS) is 22.4. The lowest BCUT2D eigenvalue weighted by molar-refractivity contribution is 0.761. The summed E-state index contributed by atoms with van der Waals surface area (Å²) in [5.41, 5.74) is 1.43. The largest absolute Gasteiger partial charge is 0.352 e. The number of nitrogens with zero attached hydrogens (tertiary/aromatic N) is 2. The van der Waals surface area contributed by atoms with Crippen LogP contribution in [-0.4, -0.2) is 15.6 Å². The second-order valence-electron chi connectivity index (χ2n) is 4.54. The number of rotatable bonds is 4. The summed E-state index contributed by atoms with van der Waals surface area (Å²) in [5.74, 6) is 1.65. The molecule has 1 N–H and O–H groups in total. The standard InChI is InChI=1S/C14H17N3/c1-2-17-9-8-15-14(17)16-13-10-12(13)11-6-4-3-5-7-11/h3-9,12-13H,2,10H2,1H3,(H,15,16). The second kappa shape index (κ2) is 4.24. The van der Waals surface area contributed by atoms with Gasteiger partial charge >= 0.3 is 0 Å². The minimum absolute atomic E-state index is 0.546. The van der Waals surface area contributed by atoms with Gasteiger partial charge in [0.1, 0.15) is 0 Å². The van der Waals surface area contributed by atoms with Crippen molar-refractivity contribution in [3.63, 3.8) is 0 Å². The molecule has 1 saturated carbocycles. The quantitative estimate of drug-likeness (QED) is 0.870. The Hall–Kier alpha value is -1.77. The topological polar surface area (TPSA) is 29.9 Å². The van der Waals surface area contributed by atoms with Crippen molar-refractivity contribution in [1.82, 2.24) is 9.55 Å². The van der Waals surface area contributed by atoms with Gasteiger partial charge in [-0.2, -0.15) is 0 Å². The van der Waals surface area contributed by atoms with E-state index in [-0.39, 0.29) is 0 Å². The zero-order valence-electron chi connectivity index (χ0n) is 10.0. The highest BCUT2D eigenvalue weighted by Gasteiger charge is 2.38. The molecule has 0 aliphatic heterocycles. The van der Waals surface area contributed by atoms with Crippen LogP contribution < -0.4 is 5.32 Å². The summed E-state index contributed by atoms with van der Waals surface area (Å²) in [6.07, 6.45) is 5.08. The molecule has 1 heterocycles. The molecule has 2 aromatic rings. The van der Waals surface area contributed by atoms with Crippen molar-refractivity contribution in [1.29, 1.82) is 0 Å². The number of anilines is 1. The number of imidazole rings is 1. The van der Waals surface area contributed by atoms with Crippen molar-refractivity contribution >= 4 is 5.95 Å². The zero-order valence-corrected chi connectivity index (χ0v) is 10.0. The van der Waals surface area contributed by atoms with E-state index in [1.807, 2.05) is 12.4 Å². The van der Waals surface area contributed by atoms with E-state index >= 15 is 0 Å². The Morgan fingerprint density at radius 2 is 2.18 bits per heavy atom. The Morgan fingerprint density at radius 3 is 2.94 bits per heavy atom. The van der Waals surface area contributed by atoms with E-state index in [0.717, 1.165) is 12.5 Å². The summed E-state index contributed by atoms with van der Waals surface area (Å²) in [6.45, 7) is 3.10. The van der Waals surface area contributed by atoms with Crippen LogP contribution in [-0.2, 0) is 6.54 Å². The molecule has 0 saturated heterocycles. The van der Waals surface area contributed by atoms with Gasteiger partial charge in [-0.25, -0.2) is 4.98 Å². The molecule has 2 atom stereocenters. The monoisotopic (exact) mass is 227 g/mol. The SMILES string of the molecule is CCn1ccnc1NC1CC1c1ccccc1. The highest BCUT2D eigenvalue weighted by Crippen LogP contribution is 2.42.